The van der Waals surface area contributed by atoms with Crippen molar-refractivity contribution in [1.82, 2.24) is 15.5 Å². The van der Waals surface area contributed by atoms with Gasteiger partial charge in [0.15, 0.2) is 6.10 Å². The Morgan fingerprint density at radius 2 is 2.21 bits per heavy atom. The first-order chi connectivity index (χ1) is 9.02. The van der Waals surface area contributed by atoms with Crippen LogP contribution in [0.3, 0.4) is 0 Å². The summed E-state index contributed by atoms with van der Waals surface area (Å²) >= 11 is 0. The second-order valence-electron chi connectivity index (χ2n) is 3.98. The SMILES string of the molecule is C=CCNC(=O)NC(=O)CN1CCOC(C(=O)O)C1. The number of ether oxygens (including phenoxy) is 1. The van der Waals surface area contributed by atoms with Crippen molar-refractivity contribution >= 4 is 17.9 Å². The average Bonchev–Trinajstić information content (AvgIpc) is 2.36. The minimum atomic E-state index is -1.06. The van der Waals surface area contributed by atoms with E-state index in [1.165, 1.54) is 6.08 Å². The van der Waals surface area contributed by atoms with Gasteiger partial charge in [-0.25, -0.2) is 9.59 Å². The van der Waals surface area contributed by atoms with Gasteiger partial charge in [0.05, 0.1) is 13.2 Å². The Morgan fingerprint density at radius 3 is 2.84 bits per heavy atom. The highest BCUT2D eigenvalue weighted by molar-refractivity contribution is 5.95. The number of hydrogen-bond donors (Lipinski definition) is 3. The van der Waals surface area contributed by atoms with Gasteiger partial charge in [-0.3, -0.25) is 15.0 Å². The first-order valence-corrected chi connectivity index (χ1v) is 5.78. The summed E-state index contributed by atoms with van der Waals surface area (Å²) in [5.41, 5.74) is 0. The zero-order valence-corrected chi connectivity index (χ0v) is 10.4. The Balaban J connectivity index is 2.33. The van der Waals surface area contributed by atoms with Gasteiger partial charge in [-0.1, -0.05) is 6.08 Å². The van der Waals surface area contributed by atoms with Crippen molar-refractivity contribution in [3.63, 3.8) is 0 Å². The van der Waals surface area contributed by atoms with Crippen LogP contribution in [-0.2, 0) is 14.3 Å². The van der Waals surface area contributed by atoms with E-state index in [9.17, 15) is 14.4 Å². The number of morpholine rings is 1. The van der Waals surface area contributed by atoms with Crippen molar-refractivity contribution in [2.45, 2.75) is 6.10 Å². The molecule has 0 aromatic rings. The molecule has 3 amide bonds. The largest absolute Gasteiger partial charge is 0.479 e. The number of aliphatic carboxylic acids is 1. The molecule has 8 heteroatoms. The third-order valence-corrected chi connectivity index (χ3v) is 2.45. The van der Waals surface area contributed by atoms with E-state index in [0.717, 1.165) is 0 Å². The number of amides is 3. The molecule has 0 bridgehead atoms. The van der Waals surface area contributed by atoms with Gasteiger partial charge in [0, 0.05) is 19.6 Å². The van der Waals surface area contributed by atoms with Crippen molar-refractivity contribution in [2.24, 2.45) is 0 Å². The summed E-state index contributed by atoms with van der Waals surface area (Å²) in [4.78, 5) is 35.1. The van der Waals surface area contributed by atoms with Gasteiger partial charge in [0.2, 0.25) is 5.91 Å². The van der Waals surface area contributed by atoms with Gasteiger partial charge in [-0.15, -0.1) is 6.58 Å². The number of urea groups is 1. The van der Waals surface area contributed by atoms with Crippen molar-refractivity contribution < 1.29 is 24.2 Å². The van der Waals surface area contributed by atoms with E-state index < -0.39 is 24.0 Å². The number of carbonyl (C=O) groups excluding carboxylic acids is 2. The Hall–Kier alpha value is -1.93. The lowest BCUT2D eigenvalue weighted by atomic mass is 10.2. The molecule has 8 nitrogen and oxygen atoms in total. The van der Waals surface area contributed by atoms with E-state index >= 15 is 0 Å². The molecule has 0 aromatic heterocycles. The summed E-state index contributed by atoms with van der Waals surface area (Å²) < 4.78 is 5.02. The molecule has 19 heavy (non-hydrogen) atoms. The third-order valence-electron chi connectivity index (χ3n) is 2.45. The third kappa shape index (κ3) is 5.49. The molecule has 0 spiro atoms. The normalized spacial score (nSPS) is 19.5. The van der Waals surface area contributed by atoms with E-state index in [2.05, 4.69) is 17.2 Å². The predicted octanol–water partition coefficient (Wildman–Crippen LogP) is -1.22. The quantitative estimate of drug-likeness (QED) is 0.541. The molecule has 0 radical (unpaired) electrons. The van der Waals surface area contributed by atoms with Crippen LogP contribution in [0, 0.1) is 0 Å². The molecule has 1 unspecified atom stereocenters. The van der Waals surface area contributed by atoms with Crippen LogP contribution in [0.1, 0.15) is 0 Å². The lowest BCUT2D eigenvalue weighted by molar-refractivity contribution is -0.156. The molecule has 1 atom stereocenters. The Kier molecular flexibility index (Phi) is 5.97. The standard InChI is InChI=1S/C11H17N3O5/c1-2-3-12-11(18)13-9(15)7-14-4-5-19-8(6-14)10(16)17/h2,8H,1,3-7H2,(H,16,17)(H2,12,13,15,18). The fourth-order valence-corrected chi connectivity index (χ4v) is 1.57. The maximum Gasteiger partial charge on any atom is 0.334 e. The van der Waals surface area contributed by atoms with Crippen molar-refractivity contribution in [1.29, 1.82) is 0 Å². The highest BCUT2D eigenvalue weighted by atomic mass is 16.5. The Morgan fingerprint density at radius 1 is 1.47 bits per heavy atom. The number of carboxylic acid groups (broad SMARTS) is 1. The fraction of sp³-hybridized carbons (Fsp3) is 0.545. The molecular weight excluding hydrogens is 254 g/mol. The zero-order chi connectivity index (χ0) is 14.3. The van der Waals surface area contributed by atoms with E-state index in [1.807, 2.05) is 0 Å². The molecule has 106 valence electrons. The molecule has 0 aromatic carbocycles. The van der Waals surface area contributed by atoms with E-state index in [0.29, 0.717) is 6.54 Å². The average molecular weight is 271 g/mol. The van der Waals surface area contributed by atoms with Crippen molar-refractivity contribution in [3.8, 4) is 0 Å². The molecule has 1 rings (SSSR count). The maximum absolute atomic E-state index is 11.5. The highest BCUT2D eigenvalue weighted by Crippen LogP contribution is 2.04. The summed E-state index contributed by atoms with van der Waals surface area (Å²) in [5, 5.41) is 13.3. The van der Waals surface area contributed by atoms with Crippen molar-refractivity contribution in [3.05, 3.63) is 12.7 Å². The number of hydrogen-bond acceptors (Lipinski definition) is 5. The minimum Gasteiger partial charge on any atom is -0.479 e. The van der Waals surface area contributed by atoms with E-state index in [1.54, 1.807) is 4.90 Å². The number of nitrogens with zero attached hydrogens (tertiary/aromatic N) is 1. The number of carboxylic acids is 1. The van der Waals surface area contributed by atoms with Gasteiger partial charge >= 0.3 is 12.0 Å². The van der Waals surface area contributed by atoms with Crippen molar-refractivity contribution in [2.75, 3.05) is 32.8 Å². The van der Waals surface area contributed by atoms with Gasteiger partial charge in [0.25, 0.3) is 0 Å². The van der Waals surface area contributed by atoms with E-state index in [4.69, 9.17) is 9.84 Å². The number of imide groups is 1. The highest BCUT2D eigenvalue weighted by Gasteiger charge is 2.27. The van der Waals surface area contributed by atoms with E-state index in [-0.39, 0.29) is 26.2 Å². The number of nitrogens with one attached hydrogen (secondary N) is 2. The van der Waals surface area contributed by atoms with Crippen LogP contribution in [-0.4, -0.2) is 66.8 Å². The number of rotatable bonds is 5. The van der Waals surface area contributed by atoms with Gasteiger partial charge < -0.3 is 15.2 Å². The number of carbonyl (C=O) groups is 3. The monoisotopic (exact) mass is 271 g/mol. The summed E-state index contributed by atoms with van der Waals surface area (Å²) in [6.07, 6.45) is 0.555. The zero-order valence-electron chi connectivity index (χ0n) is 10.4. The molecule has 0 aliphatic carbocycles. The maximum atomic E-state index is 11.5. The molecule has 1 heterocycles. The van der Waals surface area contributed by atoms with Crippen LogP contribution < -0.4 is 10.6 Å². The second kappa shape index (κ2) is 7.49. The van der Waals surface area contributed by atoms with Gasteiger partial charge in [0.1, 0.15) is 0 Å². The summed E-state index contributed by atoms with van der Waals surface area (Å²) in [7, 11) is 0. The lowest BCUT2D eigenvalue weighted by Gasteiger charge is -2.29. The first kappa shape index (κ1) is 15.1. The summed E-state index contributed by atoms with van der Waals surface area (Å²) in [6.45, 7) is 4.45. The fourth-order valence-electron chi connectivity index (χ4n) is 1.57. The second-order valence-corrected chi connectivity index (χ2v) is 3.98. The molecule has 1 fully saturated rings. The summed E-state index contributed by atoms with van der Waals surface area (Å²) in [6, 6.07) is -0.604. The molecule has 0 saturated carbocycles. The minimum absolute atomic E-state index is 0.0470. The smallest absolute Gasteiger partial charge is 0.334 e. The molecule has 1 saturated heterocycles. The van der Waals surface area contributed by atoms with Crippen LogP contribution >= 0.6 is 0 Å². The van der Waals surface area contributed by atoms with Crippen LogP contribution in [0.15, 0.2) is 12.7 Å². The van der Waals surface area contributed by atoms with Gasteiger partial charge in [-0.05, 0) is 0 Å². The van der Waals surface area contributed by atoms with Crippen LogP contribution in [0.4, 0.5) is 4.79 Å². The topological polar surface area (TPSA) is 108 Å². The molecular formula is C11H17N3O5. The Bertz CT molecular complexity index is 371. The lowest BCUT2D eigenvalue weighted by Crippen LogP contribution is -2.51. The summed E-state index contributed by atoms with van der Waals surface area (Å²) in [5.74, 6) is -1.55. The molecule has 3 N–H and O–H groups in total. The predicted molar refractivity (Wildman–Crippen MR) is 65.6 cm³/mol. The molecule has 1 aliphatic rings. The van der Waals surface area contributed by atoms with Gasteiger partial charge in [-0.2, -0.15) is 0 Å². The Labute approximate surface area is 110 Å². The van der Waals surface area contributed by atoms with Crippen LogP contribution in [0.5, 0.6) is 0 Å². The van der Waals surface area contributed by atoms with Crippen LogP contribution in [0.2, 0.25) is 0 Å². The van der Waals surface area contributed by atoms with Crippen LogP contribution in [0.25, 0.3) is 0 Å². The first-order valence-electron chi connectivity index (χ1n) is 5.78. The molecule has 1 aliphatic heterocycles.